The van der Waals surface area contributed by atoms with Crippen LogP contribution in [0.3, 0.4) is 0 Å². The maximum absolute atomic E-state index is 5.83. The zero-order valence-electron chi connectivity index (χ0n) is 5.97. The summed E-state index contributed by atoms with van der Waals surface area (Å²) in [6.45, 7) is 0. The molecular weight excluding hydrogens is 213 g/mol. The summed E-state index contributed by atoms with van der Waals surface area (Å²) in [6.07, 6.45) is 0. The minimum atomic E-state index is 0.550. The lowest BCUT2D eigenvalue weighted by Gasteiger charge is -1.95. The van der Waals surface area contributed by atoms with Crippen molar-refractivity contribution in [3.05, 3.63) is 27.6 Å². The summed E-state index contributed by atoms with van der Waals surface area (Å²) in [5.74, 6) is 0. The van der Waals surface area contributed by atoms with Crippen molar-refractivity contribution in [2.75, 3.05) is 5.73 Å². The van der Waals surface area contributed by atoms with Gasteiger partial charge in [0, 0.05) is 15.5 Å². The monoisotopic (exact) mass is 217 g/mol. The molecule has 1 heterocycles. The van der Waals surface area contributed by atoms with Crippen LogP contribution in [0.2, 0.25) is 10.0 Å². The number of halogens is 2. The Hall–Kier alpha value is -0.440. The molecule has 2 N–H and O–H groups in total. The third-order valence-electron chi connectivity index (χ3n) is 1.65. The van der Waals surface area contributed by atoms with Crippen molar-refractivity contribution in [3.8, 4) is 0 Å². The standard InChI is InChI=1S/C8H5Cl2NS/c9-5-1-4-7(11)3-12-8(4)2-6(5)10/h1-3H,11H2. The van der Waals surface area contributed by atoms with Crippen LogP contribution >= 0.6 is 34.5 Å². The lowest BCUT2D eigenvalue weighted by Crippen LogP contribution is -1.79. The third-order valence-corrected chi connectivity index (χ3v) is 3.33. The second-order valence-corrected chi connectivity index (χ2v) is 4.18. The summed E-state index contributed by atoms with van der Waals surface area (Å²) >= 11 is 13.2. The van der Waals surface area contributed by atoms with Gasteiger partial charge in [0.25, 0.3) is 0 Å². The van der Waals surface area contributed by atoms with Crippen LogP contribution in [0.15, 0.2) is 17.5 Å². The van der Waals surface area contributed by atoms with Gasteiger partial charge < -0.3 is 5.73 Å². The fourth-order valence-corrected chi connectivity index (χ4v) is 2.30. The van der Waals surface area contributed by atoms with Crippen LogP contribution < -0.4 is 5.73 Å². The van der Waals surface area contributed by atoms with Gasteiger partial charge in [0.2, 0.25) is 0 Å². The highest BCUT2D eigenvalue weighted by Gasteiger charge is 2.04. The molecule has 0 radical (unpaired) electrons. The molecule has 0 fully saturated rings. The molecule has 0 aliphatic rings. The van der Waals surface area contributed by atoms with Crippen LogP contribution in [-0.2, 0) is 0 Å². The lowest BCUT2D eigenvalue weighted by atomic mass is 10.2. The van der Waals surface area contributed by atoms with E-state index in [-0.39, 0.29) is 0 Å². The fraction of sp³-hybridized carbons (Fsp3) is 0. The van der Waals surface area contributed by atoms with Gasteiger partial charge in [-0.25, -0.2) is 0 Å². The van der Waals surface area contributed by atoms with Gasteiger partial charge in [-0.1, -0.05) is 23.2 Å². The first-order valence-electron chi connectivity index (χ1n) is 3.30. The van der Waals surface area contributed by atoms with Gasteiger partial charge in [0.1, 0.15) is 0 Å². The molecule has 1 aromatic heterocycles. The Kier molecular flexibility index (Phi) is 1.91. The number of nitrogens with two attached hydrogens (primary N) is 1. The van der Waals surface area contributed by atoms with Crippen molar-refractivity contribution in [2.24, 2.45) is 0 Å². The Bertz CT molecular complexity index is 436. The molecule has 1 aromatic carbocycles. The lowest BCUT2D eigenvalue weighted by molar-refractivity contribution is 1.82. The van der Waals surface area contributed by atoms with Crippen LogP contribution in [0.25, 0.3) is 10.1 Å². The number of anilines is 1. The SMILES string of the molecule is Nc1csc2cc(Cl)c(Cl)cc12. The average molecular weight is 218 g/mol. The van der Waals surface area contributed by atoms with Crippen LogP contribution in [-0.4, -0.2) is 0 Å². The Balaban J connectivity index is 2.87. The maximum atomic E-state index is 5.83. The molecule has 0 unspecified atom stereocenters. The van der Waals surface area contributed by atoms with E-state index in [4.69, 9.17) is 28.9 Å². The van der Waals surface area contributed by atoms with Gasteiger partial charge in [-0.3, -0.25) is 0 Å². The summed E-state index contributed by atoms with van der Waals surface area (Å²) in [5, 5.41) is 3.99. The average Bonchev–Trinajstić information content (AvgIpc) is 2.35. The number of fused-ring (bicyclic) bond motifs is 1. The predicted octanol–water partition coefficient (Wildman–Crippen LogP) is 3.79. The Morgan fingerprint density at radius 2 is 1.83 bits per heavy atom. The molecule has 0 spiro atoms. The number of nitrogen functional groups attached to an aromatic ring is 1. The quantitative estimate of drug-likeness (QED) is 0.715. The summed E-state index contributed by atoms with van der Waals surface area (Å²) in [5.41, 5.74) is 6.46. The predicted molar refractivity (Wildman–Crippen MR) is 56.3 cm³/mol. The molecule has 1 nitrogen and oxygen atoms in total. The van der Waals surface area contributed by atoms with Crippen molar-refractivity contribution in [2.45, 2.75) is 0 Å². The molecule has 2 rings (SSSR count). The smallest absolute Gasteiger partial charge is 0.0606 e. The van der Waals surface area contributed by atoms with Crippen LogP contribution in [0, 0.1) is 0 Å². The fourth-order valence-electron chi connectivity index (χ4n) is 1.04. The highest BCUT2D eigenvalue weighted by atomic mass is 35.5. The van der Waals surface area contributed by atoms with E-state index in [1.165, 1.54) is 0 Å². The van der Waals surface area contributed by atoms with Gasteiger partial charge in [-0.15, -0.1) is 11.3 Å². The van der Waals surface area contributed by atoms with E-state index >= 15 is 0 Å². The molecule has 0 bridgehead atoms. The second-order valence-electron chi connectivity index (χ2n) is 2.45. The van der Waals surface area contributed by atoms with Gasteiger partial charge in [-0.2, -0.15) is 0 Å². The Morgan fingerprint density at radius 3 is 2.58 bits per heavy atom. The first-order valence-corrected chi connectivity index (χ1v) is 4.94. The van der Waals surface area contributed by atoms with Crippen LogP contribution in [0.1, 0.15) is 0 Å². The van der Waals surface area contributed by atoms with Crippen molar-refractivity contribution in [1.29, 1.82) is 0 Å². The van der Waals surface area contributed by atoms with Gasteiger partial charge >= 0.3 is 0 Å². The zero-order valence-corrected chi connectivity index (χ0v) is 8.30. The normalized spacial score (nSPS) is 10.8. The van der Waals surface area contributed by atoms with E-state index in [9.17, 15) is 0 Å². The largest absolute Gasteiger partial charge is 0.398 e. The van der Waals surface area contributed by atoms with Crippen molar-refractivity contribution >= 4 is 50.3 Å². The van der Waals surface area contributed by atoms with Crippen LogP contribution in [0.4, 0.5) is 5.69 Å². The van der Waals surface area contributed by atoms with E-state index in [0.717, 1.165) is 15.8 Å². The molecule has 0 aliphatic heterocycles. The van der Waals surface area contributed by atoms with Crippen molar-refractivity contribution < 1.29 is 0 Å². The first-order chi connectivity index (χ1) is 5.68. The highest BCUT2D eigenvalue weighted by molar-refractivity contribution is 7.17. The van der Waals surface area contributed by atoms with Crippen molar-refractivity contribution in [3.63, 3.8) is 0 Å². The minimum absolute atomic E-state index is 0.550. The van der Waals surface area contributed by atoms with Gasteiger partial charge in [0.05, 0.1) is 15.7 Å². The molecule has 4 heteroatoms. The highest BCUT2D eigenvalue weighted by Crippen LogP contribution is 2.34. The second kappa shape index (κ2) is 2.80. The molecular formula is C8H5Cl2NS. The number of hydrogen-bond acceptors (Lipinski definition) is 2. The molecule has 0 saturated heterocycles. The Morgan fingerprint density at radius 1 is 1.17 bits per heavy atom. The summed E-state index contributed by atoms with van der Waals surface area (Å²) in [6, 6.07) is 3.63. The molecule has 0 saturated carbocycles. The molecule has 2 aromatic rings. The maximum Gasteiger partial charge on any atom is 0.0606 e. The number of thiophene rings is 1. The molecule has 0 amide bonds. The summed E-state index contributed by atoms with van der Waals surface area (Å²) < 4.78 is 1.07. The van der Waals surface area contributed by atoms with Crippen LogP contribution in [0.5, 0.6) is 0 Å². The number of rotatable bonds is 0. The van der Waals surface area contributed by atoms with E-state index < -0.39 is 0 Å². The molecule has 12 heavy (non-hydrogen) atoms. The van der Waals surface area contributed by atoms with Gasteiger partial charge in [-0.05, 0) is 12.1 Å². The topological polar surface area (TPSA) is 26.0 Å². The van der Waals surface area contributed by atoms with E-state index in [1.807, 2.05) is 11.4 Å². The van der Waals surface area contributed by atoms with E-state index in [0.29, 0.717) is 10.0 Å². The summed E-state index contributed by atoms with van der Waals surface area (Å²) in [7, 11) is 0. The zero-order chi connectivity index (χ0) is 8.72. The van der Waals surface area contributed by atoms with E-state index in [1.54, 1.807) is 17.4 Å². The molecule has 0 aliphatic carbocycles. The molecule has 62 valence electrons. The first kappa shape index (κ1) is 8.17. The van der Waals surface area contributed by atoms with Crippen molar-refractivity contribution in [1.82, 2.24) is 0 Å². The summed E-state index contributed by atoms with van der Waals surface area (Å²) in [4.78, 5) is 0. The number of benzene rings is 1. The minimum Gasteiger partial charge on any atom is -0.398 e. The van der Waals surface area contributed by atoms with Gasteiger partial charge in [0.15, 0.2) is 0 Å². The Labute approximate surface area is 83.7 Å². The van der Waals surface area contributed by atoms with E-state index in [2.05, 4.69) is 0 Å². The molecule has 0 atom stereocenters. The third kappa shape index (κ3) is 1.16. The number of hydrogen-bond donors (Lipinski definition) is 1.